The lowest BCUT2D eigenvalue weighted by Crippen LogP contribution is -2.34. The predicted octanol–water partition coefficient (Wildman–Crippen LogP) is 4.75. The Morgan fingerprint density at radius 3 is 2.38 bits per heavy atom. The van der Waals surface area contributed by atoms with E-state index in [2.05, 4.69) is 20.6 Å². The van der Waals surface area contributed by atoms with Gasteiger partial charge in [-0.15, -0.1) is 0 Å². The lowest BCUT2D eigenvalue weighted by atomic mass is 10.2. The van der Waals surface area contributed by atoms with Crippen LogP contribution in [0.5, 0.6) is 11.5 Å². The number of hydrogen-bond donors (Lipinski definition) is 3. The number of nitrogens with one attached hydrogen (secondary N) is 2. The van der Waals surface area contributed by atoms with Gasteiger partial charge >= 0.3 is 12.1 Å². The van der Waals surface area contributed by atoms with E-state index >= 15 is 0 Å². The Bertz CT molecular complexity index is 1360. The molecule has 12 nitrogen and oxygen atoms in total. The Labute approximate surface area is 232 Å². The van der Waals surface area contributed by atoms with E-state index in [-0.39, 0.29) is 29.6 Å². The summed E-state index contributed by atoms with van der Waals surface area (Å²) in [6, 6.07) is 8.82. The number of rotatable bonds is 11. The Hall–Kier alpha value is -4.61. The van der Waals surface area contributed by atoms with Crippen LogP contribution in [-0.4, -0.2) is 51.9 Å². The molecule has 0 aliphatic heterocycles. The number of nitrogens with zero attached hydrogens (tertiary/aromatic N) is 2. The summed E-state index contributed by atoms with van der Waals surface area (Å²) < 4.78 is 22.7. The number of hydrogen-bond acceptors (Lipinski definition) is 9. The number of carboxylic acid groups (broad SMARTS) is 1. The number of pyridine rings is 1. The maximum Gasteiger partial charge on any atom is 0.408 e. The lowest BCUT2D eigenvalue weighted by Gasteiger charge is -2.21. The third-order valence-electron chi connectivity index (χ3n) is 5.24. The average Bonchev–Trinajstić information content (AvgIpc) is 3.33. The number of ether oxygens (including phenoxy) is 3. The molecule has 0 fully saturated rings. The van der Waals surface area contributed by atoms with E-state index in [1.165, 1.54) is 12.1 Å². The van der Waals surface area contributed by atoms with Gasteiger partial charge in [0.1, 0.15) is 11.3 Å². The second-order valence-corrected chi connectivity index (χ2v) is 9.63. The number of carbonyl (C=O) groups is 3. The summed E-state index contributed by atoms with van der Waals surface area (Å²) in [5.41, 5.74) is -0.0861. The van der Waals surface area contributed by atoms with Gasteiger partial charge in [0, 0.05) is 5.56 Å². The van der Waals surface area contributed by atoms with Crippen molar-refractivity contribution in [2.45, 2.75) is 59.7 Å². The first-order valence-electron chi connectivity index (χ1n) is 12.8. The van der Waals surface area contributed by atoms with E-state index in [1.54, 1.807) is 52.0 Å². The first-order chi connectivity index (χ1) is 18.9. The number of benzene rings is 1. The molecular formula is C28H34N4O8. The van der Waals surface area contributed by atoms with E-state index in [0.29, 0.717) is 36.0 Å². The minimum Gasteiger partial charge on any atom is -0.490 e. The van der Waals surface area contributed by atoms with Gasteiger partial charge in [-0.3, -0.25) is 4.79 Å². The molecule has 12 heteroatoms. The molecule has 3 aromatic rings. The van der Waals surface area contributed by atoms with Crippen LogP contribution >= 0.6 is 0 Å². The fourth-order valence-corrected chi connectivity index (χ4v) is 3.60. The van der Waals surface area contributed by atoms with Crippen LogP contribution in [0.4, 0.5) is 4.79 Å². The molecule has 0 spiro atoms. The van der Waals surface area contributed by atoms with Gasteiger partial charge in [-0.1, -0.05) is 6.07 Å². The summed E-state index contributed by atoms with van der Waals surface area (Å²) in [5.74, 6) is -0.544. The monoisotopic (exact) mass is 554 g/mol. The van der Waals surface area contributed by atoms with Gasteiger partial charge < -0.3 is 34.4 Å². The summed E-state index contributed by atoms with van der Waals surface area (Å²) in [5, 5.41) is 14.5. The smallest absolute Gasteiger partial charge is 0.408 e. The summed E-state index contributed by atoms with van der Waals surface area (Å²) in [4.78, 5) is 45.4. The van der Waals surface area contributed by atoms with E-state index < -0.39 is 29.6 Å². The molecule has 0 radical (unpaired) electrons. The molecule has 0 saturated heterocycles. The van der Waals surface area contributed by atoms with Gasteiger partial charge in [0.2, 0.25) is 5.89 Å². The van der Waals surface area contributed by atoms with E-state index in [0.717, 1.165) is 0 Å². The molecule has 40 heavy (non-hydrogen) atoms. The molecule has 2 amide bonds. The first kappa shape index (κ1) is 29.9. The van der Waals surface area contributed by atoms with Gasteiger partial charge in [-0.05, 0) is 71.9 Å². The molecule has 2 aromatic heterocycles. The van der Waals surface area contributed by atoms with Gasteiger partial charge in [-0.25, -0.2) is 19.6 Å². The van der Waals surface area contributed by atoms with Crippen molar-refractivity contribution in [1.29, 1.82) is 0 Å². The molecule has 2 heterocycles. The summed E-state index contributed by atoms with van der Waals surface area (Å²) in [7, 11) is 0. The molecule has 1 atom stereocenters. The zero-order valence-corrected chi connectivity index (χ0v) is 23.4. The third kappa shape index (κ3) is 7.95. The number of aromatic carboxylic acids is 1. The molecule has 3 rings (SSSR count). The van der Waals surface area contributed by atoms with Gasteiger partial charge in [0.05, 0.1) is 31.5 Å². The number of aromatic nitrogens is 2. The maximum absolute atomic E-state index is 13.3. The molecule has 1 aromatic carbocycles. The van der Waals surface area contributed by atoms with Crippen molar-refractivity contribution >= 4 is 18.0 Å². The van der Waals surface area contributed by atoms with E-state index in [4.69, 9.17) is 18.6 Å². The van der Waals surface area contributed by atoms with Crippen molar-refractivity contribution in [3.8, 4) is 23.0 Å². The molecule has 0 bridgehead atoms. The minimum atomic E-state index is -1.18. The van der Waals surface area contributed by atoms with Gasteiger partial charge in [-0.2, -0.15) is 0 Å². The fraction of sp³-hybridized carbons (Fsp3) is 0.393. The van der Waals surface area contributed by atoms with Crippen molar-refractivity contribution in [1.82, 2.24) is 20.6 Å². The largest absolute Gasteiger partial charge is 0.490 e. The SMILES string of the molecule is CCOc1ccc(-c2nc(C(=O)NCc3cccc(C(=O)O)n3)c(C(C)NC(=O)OC(C)(C)C)o2)cc1OCC. The van der Waals surface area contributed by atoms with Crippen LogP contribution in [0.1, 0.15) is 80.0 Å². The number of carboxylic acids is 1. The maximum atomic E-state index is 13.3. The van der Waals surface area contributed by atoms with E-state index in [9.17, 15) is 19.5 Å². The number of alkyl carbamates (subject to hydrolysis) is 1. The standard InChI is InChI=1S/C28H34N4O8/c1-7-37-20-13-12-17(14-21(20)38-8-2)25-32-22(23(39-25)16(3)30-27(36)40-28(4,5)6)24(33)29-15-18-10-9-11-19(31-18)26(34)35/h9-14,16H,7-8,15H2,1-6H3,(H,29,33)(H,30,36)(H,34,35). The molecule has 0 saturated carbocycles. The summed E-state index contributed by atoms with van der Waals surface area (Å²) >= 11 is 0. The Morgan fingerprint density at radius 1 is 1.02 bits per heavy atom. The van der Waals surface area contributed by atoms with Gasteiger partial charge in [0.25, 0.3) is 5.91 Å². The molecular weight excluding hydrogens is 520 g/mol. The third-order valence-corrected chi connectivity index (χ3v) is 5.24. The molecule has 3 N–H and O–H groups in total. The minimum absolute atomic E-state index is 0.0625. The Morgan fingerprint density at radius 2 is 1.73 bits per heavy atom. The topological polar surface area (TPSA) is 162 Å². The molecule has 1 unspecified atom stereocenters. The molecule has 0 aliphatic rings. The highest BCUT2D eigenvalue weighted by Gasteiger charge is 2.28. The lowest BCUT2D eigenvalue weighted by molar-refractivity contribution is 0.0500. The van der Waals surface area contributed by atoms with Crippen LogP contribution < -0.4 is 20.1 Å². The zero-order valence-electron chi connectivity index (χ0n) is 23.4. The van der Waals surface area contributed by atoms with Crippen molar-refractivity contribution in [3.05, 3.63) is 59.2 Å². The Kier molecular flexibility index (Phi) is 9.70. The summed E-state index contributed by atoms with van der Waals surface area (Å²) in [6.45, 7) is 11.3. The van der Waals surface area contributed by atoms with Crippen molar-refractivity contribution in [2.24, 2.45) is 0 Å². The van der Waals surface area contributed by atoms with Crippen LogP contribution in [0, 0.1) is 0 Å². The van der Waals surface area contributed by atoms with E-state index in [1.807, 2.05) is 13.8 Å². The van der Waals surface area contributed by atoms with Crippen molar-refractivity contribution in [2.75, 3.05) is 13.2 Å². The molecule has 0 aliphatic carbocycles. The van der Waals surface area contributed by atoms with Crippen LogP contribution in [-0.2, 0) is 11.3 Å². The normalized spacial score (nSPS) is 11.8. The quantitative estimate of drug-likeness (QED) is 0.301. The van der Waals surface area contributed by atoms with Crippen LogP contribution in [0.3, 0.4) is 0 Å². The van der Waals surface area contributed by atoms with Gasteiger partial charge in [0.15, 0.2) is 23.0 Å². The second-order valence-electron chi connectivity index (χ2n) is 9.63. The molecule has 214 valence electrons. The van der Waals surface area contributed by atoms with Crippen LogP contribution in [0.15, 0.2) is 40.8 Å². The Balaban J connectivity index is 1.94. The number of carbonyl (C=O) groups excluding carboxylic acids is 2. The second kappa shape index (κ2) is 13.0. The van der Waals surface area contributed by atoms with Crippen LogP contribution in [0.2, 0.25) is 0 Å². The first-order valence-corrected chi connectivity index (χ1v) is 12.8. The average molecular weight is 555 g/mol. The summed E-state index contributed by atoms with van der Waals surface area (Å²) in [6.07, 6.45) is -0.696. The number of oxazole rings is 1. The van der Waals surface area contributed by atoms with Crippen molar-refractivity contribution in [3.63, 3.8) is 0 Å². The highest BCUT2D eigenvalue weighted by atomic mass is 16.6. The highest BCUT2D eigenvalue weighted by molar-refractivity contribution is 5.94. The fourth-order valence-electron chi connectivity index (χ4n) is 3.60. The van der Waals surface area contributed by atoms with Crippen molar-refractivity contribution < 1.29 is 38.1 Å². The van der Waals surface area contributed by atoms with Crippen LogP contribution in [0.25, 0.3) is 11.5 Å². The zero-order chi connectivity index (χ0) is 29.4. The highest BCUT2D eigenvalue weighted by Crippen LogP contribution is 2.34. The predicted molar refractivity (Wildman–Crippen MR) is 144 cm³/mol. The number of amides is 2.